The topological polar surface area (TPSA) is 58.9 Å². The van der Waals surface area contributed by atoms with Crippen molar-refractivity contribution >= 4 is 11.5 Å². The summed E-state index contributed by atoms with van der Waals surface area (Å²) in [5.74, 6) is 0.437. The number of ether oxygens (including phenoxy) is 1. The predicted molar refractivity (Wildman–Crippen MR) is 92.0 cm³/mol. The third-order valence-electron chi connectivity index (χ3n) is 3.08. The first-order valence-electron chi connectivity index (χ1n) is 7.79. The third-order valence-corrected chi connectivity index (χ3v) is 3.08. The summed E-state index contributed by atoms with van der Waals surface area (Å²) in [5, 5.41) is 9.43. The van der Waals surface area contributed by atoms with E-state index in [0.29, 0.717) is 12.4 Å². The Morgan fingerprint density at radius 1 is 1.32 bits per heavy atom. The van der Waals surface area contributed by atoms with Crippen LogP contribution in [0.3, 0.4) is 0 Å². The van der Waals surface area contributed by atoms with E-state index in [1.807, 2.05) is 33.0 Å². The Labute approximate surface area is 134 Å². The van der Waals surface area contributed by atoms with Gasteiger partial charge in [-0.05, 0) is 62.9 Å². The maximum absolute atomic E-state index is 10.1. The summed E-state index contributed by atoms with van der Waals surface area (Å²) in [6.07, 6.45) is 3.35. The Kier molecular flexibility index (Phi) is 11.0. The highest BCUT2D eigenvalue weighted by Crippen LogP contribution is 2.18. The van der Waals surface area contributed by atoms with Gasteiger partial charge in [-0.1, -0.05) is 13.3 Å². The van der Waals surface area contributed by atoms with Gasteiger partial charge in [-0.3, -0.25) is 9.79 Å². The van der Waals surface area contributed by atoms with E-state index >= 15 is 0 Å². The number of unbranched alkanes of at least 4 members (excludes halogenated alkanes) is 1. The first-order valence-corrected chi connectivity index (χ1v) is 7.79. The first kappa shape index (κ1) is 20.3. The molecule has 0 saturated heterocycles. The molecular formula is C18H29NO3. The lowest BCUT2D eigenvalue weighted by molar-refractivity contribution is -0.121. The van der Waals surface area contributed by atoms with Crippen LogP contribution in [0.4, 0.5) is 0 Å². The van der Waals surface area contributed by atoms with Crippen LogP contribution in [-0.2, 0) is 9.53 Å². The molecule has 0 bridgehead atoms. The summed E-state index contributed by atoms with van der Waals surface area (Å²) < 4.78 is 4.75. The van der Waals surface area contributed by atoms with Gasteiger partial charge in [0, 0.05) is 19.4 Å². The second kappa shape index (κ2) is 11.9. The molecule has 22 heavy (non-hydrogen) atoms. The number of carbonyl (C=O) groups excluding carboxylic acids is 1. The SMILES string of the molecule is CCCCC(=NC)c1ccc(O)c(C)c1.CCOCC(C)=O. The van der Waals surface area contributed by atoms with E-state index in [9.17, 15) is 9.90 Å². The molecule has 0 aliphatic heterocycles. The second-order valence-corrected chi connectivity index (χ2v) is 5.11. The van der Waals surface area contributed by atoms with Crippen molar-refractivity contribution in [2.75, 3.05) is 20.3 Å². The van der Waals surface area contributed by atoms with Crippen LogP contribution in [0.1, 0.15) is 51.2 Å². The van der Waals surface area contributed by atoms with Gasteiger partial charge in [0.05, 0.1) is 0 Å². The van der Waals surface area contributed by atoms with Crippen LogP contribution in [0.25, 0.3) is 0 Å². The number of rotatable bonds is 7. The van der Waals surface area contributed by atoms with E-state index in [2.05, 4.69) is 11.9 Å². The molecule has 4 nitrogen and oxygen atoms in total. The minimum Gasteiger partial charge on any atom is -0.508 e. The highest BCUT2D eigenvalue weighted by Gasteiger charge is 2.04. The number of ketones is 1. The molecule has 0 unspecified atom stereocenters. The number of benzene rings is 1. The van der Waals surface area contributed by atoms with Gasteiger partial charge in [-0.2, -0.15) is 0 Å². The number of hydrogen-bond donors (Lipinski definition) is 1. The molecule has 0 saturated carbocycles. The second-order valence-electron chi connectivity index (χ2n) is 5.11. The van der Waals surface area contributed by atoms with Crippen LogP contribution in [0.5, 0.6) is 5.75 Å². The lowest BCUT2D eigenvalue weighted by atomic mass is 10.0. The van der Waals surface area contributed by atoms with Crippen molar-refractivity contribution in [1.82, 2.24) is 0 Å². The molecule has 4 heteroatoms. The molecule has 0 aromatic heterocycles. The fourth-order valence-electron chi connectivity index (χ4n) is 1.81. The van der Waals surface area contributed by atoms with Gasteiger partial charge < -0.3 is 9.84 Å². The normalized spacial score (nSPS) is 10.9. The highest BCUT2D eigenvalue weighted by atomic mass is 16.5. The number of nitrogens with zero attached hydrogens (tertiary/aromatic N) is 1. The summed E-state index contributed by atoms with van der Waals surface area (Å²) >= 11 is 0. The standard InChI is InChI=1S/C13H19NO.C5H10O2/c1-4-5-6-12(14-3)11-7-8-13(15)10(2)9-11;1-3-7-4-5(2)6/h7-9,15H,4-6H2,1-3H3;3-4H2,1-2H3. The molecule has 0 radical (unpaired) electrons. The van der Waals surface area contributed by atoms with Crippen LogP contribution in [0.2, 0.25) is 0 Å². The van der Waals surface area contributed by atoms with Crippen LogP contribution >= 0.6 is 0 Å². The molecule has 1 aromatic rings. The maximum atomic E-state index is 10.1. The summed E-state index contributed by atoms with van der Waals surface area (Å²) in [6.45, 7) is 8.34. The van der Waals surface area contributed by atoms with E-state index < -0.39 is 0 Å². The number of phenolic OH excluding ortho intramolecular Hbond substituents is 1. The predicted octanol–water partition coefficient (Wildman–Crippen LogP) is 3.92. The highest BCUT2D eigenvalue weighted by molar-refractivity contribution is 6.00. The number of phenols is 1. The minimum absolute atomic E-state index is 0.0850. The van der Waals surface area contributed by atoms with E-state index in [0.717, 1.165) is 29.7 Å². The number of aromatic hydroxyl groups is 1. The van der Waals surface area contributed by atoms with Crippen LogP contribution < -0.4 is 0 Å². The molecule has 0 amide bonds. The van der Waals surface area contributed by atoms with Crippen molar-refractivity contribution < 1.29 is 14.6 Å². The molecule has 1 N–H and O–H groups in total. The Morgan fingerprint density at radius 3 is 2.41 bits per heavy atom. The average molecular weight is 307 g/mol. The molecule has 0 heterocycles. The molecule has 0 fully saturated rings. The number of aryl methyl sites for hydroxylation is 1. The zero-order chi connectivity index (χ0) is 17.0. The van der Waals surface area contributed by atoms with Crippen LogP contribution in [-0.4, -0.2) is 36.9 Å². The van der Waals surface area contributed by atoms with Gasteiger partial charge in [-0.15, -0.1) is 0 Å². The van der Waals surface area contributed by atoms with Crippen LogP contribution in [0, 0.1) is 6.92 Å². The summed E-state index contributed by atoms with van der Waals surface area (Å²) in [5.41, 5.74) is 3.16. The molecule has 0 spiro atoms. The van der Waals surface area contributed by atoms with Crippen LogP contribution in [0.15, 0.2) is 23.2 Å². The van der Waals surface area contributed by atoms with E-state index in [1.54, 1.807) is 6.07 Å². The number of aliphatic imine (C=N–C) groups is 1. The van der Waals surface area contributed by atoms with E-state index in [1.165, 1.54) is 13.3 Å². The van der Waals surface area contributed by atoms with E-state index in [4.69, 9.17) is 4.74 Å². The van der Waals surface area contributed by atoms with Crippen molar-refractivity contribution in [3.05, 3.63) is 29.3 Å². The van der Waals surface area contributed by atoms with Gasteiger partial charge in [0.2, 0.25) is 0 Å². The van der Waals surface area contributed by atoms with E-state index in [-0.39, 0.29) is 12.4 Å². The van der Waals surface area contributed by atoms with Crippen molar-refractivity contribution in [3.8, 4) is 5.75 Å². The largest absolute Gasteiger partial charge is 0.508 e. The fraction of sp³-hybridized carbons (Fsp3) is 0.556. The van der Waals surface area contributed by atoms with Crippen molar-refractivity contribution in [1.29, 1.82) is 0 Å². The quantitative estimate of drug-likeness (QED) is 0.777. The van der Waals surface area contributed by atoms with Gasteiger partial charge >= 0.3 is 0 Å². The fourth-order valence-corrected chi connectivity index (χ4v) is 1.81. The molecule has 0 aliphatic carbocycles. The molecule has 1 aromatic carbocycles. The van der Waals surface area contributed by atoms with Gasteiger partial charge in [0.1, 0.15) is 12.4 Å². The summed E-state index contributed by atoms with van der Waals surface area (Å²) in [7, 11) is 1.83. The smallest absolute Gasteiger partial charge is 0.155 e. The van der Waals surface area contributed by atoms with Crippen molar-refractivity contribution in [3.63, 3.8) is 0 Å². The minimum atomic E-state index is 0.0850. The molecule has 0 atom stereocenters. The third kappa shape index (κ3) is 8.57. The molecule has 1 rings (SSSR count). The summed E-state index contributed by atoms with van der Waals surface area (Å²) in [4.78, 5) is 14.4. The number of carbonyl (C=O) groups is 1. The Morgan fingerprint density at radius 2 is 2.00 bits per heavy atom. The van der Waals surface area contributed by atoms with Gasteiger partial charge in [0.15, 0.2) is 5.78 Å². The maximum Gasteiger partial charge on any atom is 0.155 e. The summed E-state index contributed by atoms with van der Waals surface area (Å²) in [6, 6.07) is 5.66. The average Bonchev–Trinajstić information content (AvgIpc) is 2.50. The lowest BCUT2D eigenvalue weighted by Gasteiger charge is -2.07. The Hall–Kier alpha value is -1.68. The zero-order valence-electron chi connectivity index (χ0n) is 14.5. The number of Topliss-reactive ketones (excluding diaryl/α,β-unsaturated/α-hetero) is 1. The van der Waals surface area contributed by atoms with Gasteiger partial charge in [-0.25, -0.2) is 0 Å². The Balaban J connectivity index is 0.000000534. The molecule has 124 valence electrons. The first-order chi connectivity index (χ1) is 10.5. The number of hydrogen-bond acceptors (Lipinski definition) is 4. The van der Waals surface area contributed by atoms with Crippen molar-refractivity contribution in [2.24, 2.45) is 4.99 Å². The zero-order valence-corrected chi connectivity index (χ0v) is 14.5. The molecule has 0 aliphatic rings. The van der Waals surface area contributed by atoms with Crippen molar-refractivity contribution in [2.45, 2.75) is 47.0 Å². The Bertz CT molecular complexity index is 481. The van der Waals surface area contributed by atoms with Gasteiger partial charge in [0.25, 0.3) is 0 Å². The lowest BCUT2D eigenvalue weighted by Crippen LogP contribution is -2.02. The molecular weight excluding hydrogens is 278 g/mol. The monoisotopic (exact) mass is 307 g/mol.